The molecule has 1 aromatic carbocycles. The van der Waals surface area contributed by atoms with Crippen LogP contribution in [-0.4, -0.2) is 15.0 Å². The van der Waals surface area contributed by atoms with E-state index < -0.39 is 29.1 Å². The highest BCUT2D eigenvalue weighted by atomic mass is 79.9. The predicted octanol–water partition coefficient (Wildman–Crippen LogP) is 2.04. The second-order valence-electron chi connectivity index (χ2n) is 3.65. The van der Waals surface area contributed by atoms with Crippen molar-refractivity contribution in [1.29, 1.82) is 0 Å². The maximum Gasteiger partial charge on any atom is 0.153 e. The zero-order chi connectivity index (χ0) is 13.4. The molecule has 0 spiro atoms. The third-order valence-corrected chi connectivity index (χ3v) is 3.04. The number of benzene rings is 1. The van der Waals surface area contributed by atoms with Gasteiger partial charge in [-0.05, 0) is 15.9 Å². The van der Waals surface area contributed by atoms with Crippen LogP contribution in [0.2, 0.25) is 0 Å². The van der Waals surface area contributed by atoms with Crippen LogP contribution in [0.25, 0.3) is 0 Å². The number of hydrogen-bond donors (Lipinski definition) is 1. The quantitative estimate of drug-likeness (QED) is 0.921. The van der Waals surface area contributed by atoms with Crippen molar-refractivity contribution < 1.29 is 13.2 Å². The lowest BCUT2D eigenvalue weighted by Gasteiger charge is -2.14. The molecule has 1 unspecified atom stereocenters. The molecule has 0 radical (unpaired) electrons. The second-order valence-corrected chi connectivity index (χ2v) is 4.40. The molecular weight excluding hydrogens is 313 g/mol. The fourth-order valence-electron chi connectivity index (χ4n) is 1.66. The number of aryl methyl sites for hydroxylation is 1. The normalized spacial score (nSPS) is 12.8. The van der Waals surface area contributed by atoms with E-state index in [-0.39, 0.29) is 4.60 Å². The van der Waals surface area contributed by atoms with E-state index in [4.69, 9.17) is 5.73 Å². The van der Waals surface area contributed by atoms with E-state index in [1.165, 1.54) is 11.7 Å². The topological polar surface area (TPSA) is 56.7 Å². The summed E-state index contributed by atoms with van der Waals surface area (Å²) in [6.45, 7) is 0. The maximum atomic E-state index is 13.6. The molecule has 2 N–H and O–H groups in total. The predicted molar refractivity (Wildman–Crippen MR) is 61.0 cm³/mol. The van der Waals surface area contributed by atoms with Crippen LogP contribution in [0.15, 0.2) is 16.7 Å². The lowest BCUT2D eigenvalue weighted by Crippen LogP contribution is -2.19. The molecule has 1 heterocycles. The third-order valence-electron chi connectivity index (χ3n) is 2.48. The molecule has 2 rings (SSSR count). The van der Waals surface area contributed by atoms with Crippen LogP contribution < -0.4 is 5.73 Å². The SMILES string of the molecule is Cn1nnc(Br)c1C(N)c1c(F)cc(F)cc1F. The van der Waals surface area contributed by atoms with Crippen molar-refractivity contribution >= 4 is 15.9 Å². The first-order valence-corrected chi connectivity index (χ1v) is 5.66. The van der Waals surface area contributed by atoms with Crippen molar-refractivity contribution in [3.05, 3.63) is 45.4 Å². The Morgan fingerprint density at radius 1 is 1.28 bits per heavy atom. The largest absolute Gasteiger partial charge is 0.319 e. The van der Waals surface area contributed by atoms with Gasteiger partial charge in [-0.25, -0.2) is 17.9 Å². The molecule has 0 saturated heterocycles. The van der Waals surface area contributed by atoms with E-state index >= 15 is 0 Å². The first kappa shape index (κ1) is 13.0. The number of hydrogen-bond acceptors (Lipinski definition) is 3. The zero-order valence-corrected chi connectivity index (χ0v) is 10.7. The van der Waals surface area contributed by atoms with Crippen LogP contribution >= 0.6 is 15.9 Å². The number of aromatic nitrogens is 3. The van der Waals surface area contributed by atoms with E-state index in [1.54, 1.807) is 0 Å². The highest BCUT2D eigenvalue weighted by Crippen LogP contribution is 2.28. The van der Waals surface area contributed by atoms with E-state index in [9.17, 15) is 13.2 Å². The van der Waals surface area contributed by atoms with Crippen molar-refractivity contribution in [3.63, 3.8) is 0 Å². The lowest BCUT2D eigenvalue weighted by molar-refractivity contribution is 0.508. The molecule has 1 aromatic heterocycles. The second kappa shape index (κ2) is 4.69. The Morgan fingerprint density at radius 3 is 2.28 bits per heavy atom. The van der Waals surface area contributed by atoms with Crippen molar-refractivity contribution in [2.45, 2.75) is 6.04 Å². The van der Waals surface area contributed by atoms with Crippen LogP contribution in [0.3, 0.4) is 0 Å². The summed E-state index contributed by atoms with van der Waals surface area (Å²) in [4.78, 5) is 0. The Hall–Kier alpha value is -1.41. The Labute approximate surface area is 109 Å². The number of rotatable bonds is 2. The summed E-state index contributed by atoms with van der Waals surface area (Å²) in [6.07, 6.45) is 0. The highest BCUT2D eigenvalue weighted by Gasteiger charge is 2.25. The fraction of sp³-hybridized carbons (Fsp3) is 0.200. The zero-order valence-electron chi connectivity index (χ0n) is 9.16. The standard InChI is InChI=1S/C10H8BrF3N4/c1-18-9(10(11)16-17-18)8(15)7-5(13)2-4(12)3-6(7)14/h2-3,8H,15H2,1H3. The third kappa shape index (κ3) is 2.13. The Morgan fingerprint density at radius 2 is 1.83 bits per heavy atom. The summed E-state index contributed by atoms with van der Waals surface area (Å²) in [6, 6.07) is 0.0198. The van der Waals surface area contributed by atoms with Gasteiger partial charge in [-0.3, -0.25) is 0 Å². The maximum absolute atomic E-state index is 13.6. The van der Waals surface area contributed by atoms with Crippen molar-refractivity contribution in [2.24, 2.45) is 12.8 Å². The molecule has 4 nitrogen and oxygen atoms in total. The van der Waals surface area contributed by atoms with Gasteiger partial charge in [0.25, 0.3) is 0 Å². The molecule has 2 aromatic rings. The summed E-state index contributed by atoms with van der Waals surface area (Å²) in [5.74, 6) is -3.09. The van der Waals surface area contributed by atoms with Gasteiger partial charge in [0.2, 0.25) is 0 Å². The molecule has 0 bridgehead atoms. The minimum absolute atomic E-state index is 0.278. The fourth-order valence-corrected chi connectivity index (χ4v) is 2.23. The van der Waals surface area contributed by atoms with Crippen LogP contribution in [0.4, 0.5) is 13.2 Å². The Balaban J connectivity index is 2.56. The van der Waals surface area contributed by atoms with Crippen LogP contribution in [0.5, 0.6) is 0 Å². The highest BCUT2D eigenvalue weighted by molar-refractivity contribution is 9.10. The molecule has 1 atom stereocenters. The summed E-state index contributed by atoms with van der Waals surface area (Å²) >= 11 is 3.09. The molecule has 18 heavy (non-hydrogen) atoms. The minimum atomic E-state index is -1.14. The van der Waals surface area contributed by atoms with Crippen LogP contribution in [0.1, 0.15) is 17.3 Å². The minimum Gasteiger partial charge on any atom is -0.319 e. The number of halogens is 4. The number of nitrogens with two attached hydrogens (primary N) is 1. The van der Waals surface area contributed by atoms with Gasteiger partial charge >= 0.3 is 0 Å². The lowest BCUT2D eigenvalue weighted by atomic mass is 10.0. The monoisotopic (exact) mass is 320 g/mol. The van der Waals surface area contributed by atoms with E-state index in [1.807, 2.05) is 0 Å². The first-order chi connectivity index (χ1) is 8.41. The van der Waals surface area contributed by atoms with Crippen molar-refractivity contribution in [2.75, 3.05) is 0 Å². The smallest absolute Gasteiger partial charge is 0.153 e. The molecule has 0 aliphatic heterocycles. The summed E-state index contributed by atoms with van der Waals surface area (Å²) < 4.78 is 41.6. The molecule has 0 aliphatic carbocycles. The van der Waals surface area contributed by atoms with Crippen molar-refractivity contribution in [1.82, 2.24) is 15.0 Å². The molecular formula is C10H8BrF3N4. The van der Waals surface area contributed by atoms with E-state index in [0.717, 1.165) is 0 Å². The Bertz CT molecular complexity index is 556. The number of nitrogens with zero attached hydrogens (tertiary/aromatic N) is 3. The summed E-state index contributed by atoms with van der Waals surface area (Å²) in [7, 11) is 1.53. The van der Waals surface area contributed by atoms with Crippen molar-refractivity contribution in [3.8, 4) is 0 Å². The van der Waals surface area contributed by atoms with E-state index in [2.05, 4.69) is 26.2 Å². The molecule has 0 fully saturated rings. The molecule has 96 valence electrons. The summed E-state index contributed by atoms with van der Waals surface area (Å²) in [5.41, 5.74) is 5.64. The van der Waals surface area contributed by atoms with Crippen LogP contribution in [-0.2, 0) is 7.05 Å². The average molecular weight is 321 g/mol. The first-order valence-electron chi connectivity index (χ1n) is 4.87. The van der Waals surface area contributed by atoms with E-state index in [0.29, 0.717) is 17.8 Å². The molecule has 8 heteroatoms. The van der Waals surface area contributed by atoms with Gasteiger partial charge in [0, 0.05) is 24.7 Å². The molecule has 0 saturated carbocycles. The van der Waals surface area contributed by atoms with Gasteiger partial charge in [0.05, 0.1) is 11.7 Å². The van der Waals surface area contributed by atoms with Gasteiger partial charge in [0.1, 0.15) is 17.5 Å². The Kier molecular flexibility index (Phi) is 3.40. The van der Waals surface area contributed by atoms with Gasteiger partial charge in [0.15, 0.2) is 4.60 Å². The van der Waals surface area contributed by atoms with Crippen LogP contribution in [0, 0.1) is 17.5 Å². The van der Waals surface area contributed by atoms with Gasteiger partial charge < -0.3 is 5.73 Å². The van der Waals surface area contributed by atoms with Gasteiger partial charge in [-0.15, -0.1) is 5.10 Å². The molecule has 0 amide bonds. The molecule has 0 aliphatic rings. The van der Waals surface area contributed by atoms with Gasteiger partial charge in [-0.1, -0.05) is 5.21 Å². The average Bonchev–Trinajstić information content (AvgIpc) is 2.56. The van der Waals surface area contributed by atoms with Gasteiger partial charge in [-0.2, -0.15) is 0 Å². The summed E-state index contributed by atoms with van der Waals surface area (Å²) in [5, 5.41) is 7.33.